The number of carbonyl (C=O) groups is 1. The number of esters is 1. The second-order valence-corrected chi connectivity index (χ2v) is 6.42. The molecule has 0 saturated carbocycles. The summed E-state index contributed by atoms with van der Waals surface area (Å²) >= 11 is 0. The van der Waals surface area contributed by atoms with Crippen molar-refractivity contribution in [1.82, 2.24) is 0 Å². The summed E-state index contributed by atoms with van der Waals surface area (Å²) in [5, 5.41) is 0. The van der Waals surface area contributed by atoms with Crippen molar-refractivity contribution in [3.05, 3.63) is 0 Å². The van der Waals surface area contributed by atoms with E-state index in [0.717, 1.165) is 25.2 Å². The fourth-order valence-electron chi connectivity index (χ4n) is 2.34. The Morgan fingerprint density at radius 3 is 2.00 bits per heavy atom. The Labute approximate surface area is 126 Å². The van der Waals surface area contributed by atoms with Gasteiger partial charge in [0.1, 0.15) is 0 Å². The van der Waals surface area contributed by atoms with Crippen LogP contribution in [0.2, 0.25) is 0 Å². The van der Waals surface area contributed by atoms with Gasteiger partial charge in [0.05, 0.1) is 6.61 Å². The minimum absolute atomic E-state index is 0.00305. The van der Waals surface area contributed by atoms with Crippen LogP contribution in [0.5, 0.6) is 0 Å². The van der Waals surface area contributed by atoms with Crippen molar-refractivity contribution in [2.45, 2.75) is 91.9 Å². The molecule has 0 aromatic heterocycles. The van der Waals surface area contributed by atoms with Crippen molar-refractivity contribution in [2.24, 2.45) is 11.8 Å². The Bertz CT molecular complexity index is 219. The van der Waals surface area contributed by atoms with Gasteiger partial charge in [-0.25, -0.2) is 0 Å². The second-order valence-electron chi connectivity index (χ2n) is 6.42. The molecule has 0 fully saturated rings. The Morgan fingerprint density at radius 2 is 1.45 bits per heavy atom. The molecule has 0 radical (unpaired) electrons. The van der Waals surface area contributed by atoms with Gasteiger partial charge in [0.15, 0.2) is 0 Å². The Hall–Kier alpha value is -0.530. The van der Waals surface area contributed by atoms with Crippen LogP contribution in [0.25, 0.3) is 0 Å². The number of rotatable bonds is 13. The van der Waals surface area contributed by atoms with Crippen molar-refractivity contribution in [2.75, 3.05) is 6.61 Å². The molecule has 0 aromatic carbocycles. The second kappa shape index (κ2) is 13.5. The van der Waals surface area contributed by atoms with Crippen LogP contribution in [0.1, 0.15) is 91.9 Å². The maximum atomic E-state index is 11.6. The summed E-state index contributed by atoms with van der Waals surface area (Å²) in [6.07, 6.45) is 11.6. The molecule has 2 nitrogen and oxygen atoms in total. The summed E-state index contributed by atoms with van der Waals surface area (Å²) in [6, 6.07) is 0. The maximum absolute atomic E-state index is 11.6. The van der Waals surface area contributed by atoms with Crippen LogP contribution in [0, 0.1) is 11.8 Å². The molecule has 2 heteroatoms. The van der Waals surface area contributed by atoms with Gasteiger partial charge in [0.25, 0.3) is 0 Å². The highest BCUT2D eigenvalue weighted by molar-refractivity contribution is 5.69. The predicted molar refractivity (Wildman–Crippen MR) is 86.8 cm³/mol. The minimum Gasteiger partial charge on any atom is -0.465 e. The lowest BCUT2D eigenvalue weighted by Crippen LogP contribution is -2.12. The molecule has 0 bridgehead atoms. The lowest BCUT2D eigenvalue weighted by molar-refractivity contribution is -0.145. The minimum atomic E-state index is -0.00305. The summed E-state index contributed by atoms with van der Waals surface area (Å²) < 4.78 is 5.32. The molecule has 0 atom stereocenters. The fraction of sp³-hybridized carbons (Fsp3) is 0.944. The molecule has 0 heterocycles. The van der Waals surface area contributed by atoms with Gasteiger partial charge in [-0.3, -0.25) is 4.79 Å². The van der Waals surface area contributed by atoms with E-state index in [1.165, 1.54) is 38.5 Å². The van der Waals surface area contributed by atoms with Gasteiger partial charge < -0.3 is 4.74 Å². The molecule has 20 heavy (non-hydrogen) atoms. The first-order valence-electron chi connectivity index (χ1n) is 8.75. The standard InChI is InChI=1S/C18H36O2/c1-5-17(6-2)15-20-18(19)14-12-10-8-7-9-11-13-16(3)4/h16-17H,5-15H2,1-4H3. The SMILES string of the molecule is CCC(CC)COC(=O)CCCCCCCCC(C)C. The molecule has 0 spiro atoms. The van der Waals surface area contributed by atoms with Crippen LogP contribution in [-0.4, -0.2) is 12.6 Å². The molecule has 0 rings (SSSR count). The van der Waals surface area contributed by atoms with Crippen molar-refractivity contribution < 1.29 is 9.53 Å². The van der Waals surface area contributed by atoms with E-state index in [9.17, 15) is 4.79 Å². The third-order valence-corrected chi connectivity index (χ3v) is 4.05. The lowest BCUT2D eigenvalue weighted by Gasteiger charge is -2.12. The lowest BCUT2D eigenvalue weighted by atomic mass is 10.0. The molecular weight excluding hydrogens is 248 g/mol. The van der Waals surface area contributed by atoms with Gasteiger partial charge in [-0.05, 0) is 18.3 Å². The average Bonchev–Trinajstić information content (AvgIpc) is 2.42. The molecular formula is C18H36O2. The van der Waals surface area contributed by atoms with Gasteiger partial charge in [0.2, 0.25) is 0 Å². The van der Waals surface area contributed by atoms with E-state index in [0.29, 0.717) is 18.9 Å². The smallest absolute Gasteiger partial charge is 0.305 e. The highest BCUT2D eigenvalue weighted by Gasteiger charge is 2.08. The van der Waals surface area contributed by atoms with E-state index in [2.05, 4.69) is 27.7 Å². The zero-order chi connectivity index (χ0) is 15.2. The van der Waals surface area contributed by atoms with Crippen LogP contribution in [0.4, 0.5) is 0 Å². The van der Waals surface area contributed by atoms with Crippen LogP contribution < -0.4 is 0 Å². The first kappa shape index (κ1) is 19.5. The largest absolute Gasteiger partial charge is 0.465 e. The highest BCUT2D eigenvalue weighted by Crippen LogP contribution is 2.13. The molecule has 0 aliphatic carbocycles. The zero-order valence-electron chi connectivity index (χ0n) is 14.2. The molecule has 0 N–H and O–H groups in total. The van der Waals surface area contributed by atoms with E-state index >= 15 is 0 Å². The van der Waals surface area contributed by atoms with Crippen LogP contribution in [-0.2, 0) is 9.53 Å². The van der Waals surface area contributed by atoms with Gasteiger partial charge >= 0.3 is 5.97 Å². The van der Waals surface area contributed by atoms with Crippen molar-refractivity contribution >= 4 is 5.97 Å². The van der Waals surface area contributed by atoms with Crippen LogP contribution >= 0.6 is 0 Å². The molecule has 0 amide bonds. The number of carbonyl (C=O) groups excluding carboxylic acids is 1. The first-order valence-corrected chi connectivity index (χ1v) is 8.75. The van der Waals surface area contributed by atoms with E-state index < -0.39 is 0 Å². The highest BCUT2D eigenvalue weighted by atomic mass is 16.5. The van der Waals surface area contributed by atoms with Crippen molar-refractivity contribution in [3.8, 4) is 0 Å². The molecule has 0 aliphatic heterocycles. The topological polar surface area (TPSA) is 26.3 Å². The van der Waals surface area contributed by atoms with E-state index in [1.807, 2.05) is 0 Å². The van der Waals surface area contributed by atoms with Crippen molar-refractivity contribution in [1.29, 1.82) is 0 Å². The van der Waals surface area contributed by atoms with Gasteiger partial charge in [-0.15, -0.1) is 0 Å². The third kappa shape index (κ3) is 12.5. The summed E-state index contributed by atoms with van der Waals surface area (Å²) in [6.45, 7) is 9.49. The molecule has 0 unspecified atom stereocenters. The third-order valence-electron chi connectivity index (χ3n) is 4.05. The van der Waals surface area contributed by atoms with E-state index in [-0.39, 0.29) is 5.97 Å². The molecule has 0 aliphatic rings. The fourth-order valence-corrected chi connectivity index (χ4v) is 2.34. The number of hydrogen-bond donors (Lipinski definition) is 0. The summed E-state index contributed by atoms with van der Waals surface area (Å²) in [5.74, 6) is 1.37. The van der Waals surface area contributed by atoms with Gasteiger partial charge in [0, 0.05) is 6.42 Å². The summed E-state index contributed by atoms with van der Waals surface area (Å²) in [5.41, 5.74) is 0. The molecule has 0 aromatic rings. The predicted octanol–water partition coefficient (Wildman–Crippen LogP) is 5.74. The maximum Gasteiger partial charge on any atom is 0.305 e. The first-order chi connectivity index (χ1) is 9.60. The molecule has 120 valence electrons. The zero-order valence-corrected chi connectivity index (χ0v) is 14.2. The quantitative estimate of drug-likeness (QED) is 0.318. The van der Waals surface area contributed by atoms with Crippen LogP contribution in [0.15, 0.2) is 0 Å². The Kier molecular flexibility index (Phi) is 13.1. The summed E-state index contributed by atoms with van der Waals surface area (Å²) in [7, 11) is 0. The monoisotopic (exact) mass is 284 g/mol. The van der Waals surface area contributed by atoms with Crippen molar-refractivity contribution in [3.63, 3.8) is 0 Å². The molecule has 0 saturated heterocycles. The van der Waals surface area contributed by atoms with E-state index in [1.54, 1.807) is 0 Å². The Morgan fingerprint density at radius 1 is 0.900 bits per heavy atom. The Balaban J connectivity index is 3.31. The normalized spacial score (nSPS) is 11.3. The average molecular weight is 284 g/mol. The number of hydrogen-bond acceptors (Lipinski definition) is 2. The van der Waals surface area contributed by atoms with E-state index in [4.69, 9.17) is 4.74 Å². The number of ether oxygens (including phenoxy) is 1. The van der Waals surface area contributed by atoms with Gasteiger partial charge in [-0.1, -0.05) is 79.1 Å². The van der Waals surface area contributed by atoms with Crippen LogP contribution in [0.3, 0.4) is 0 Å². The summed E-state index contributed by atoms with van der Waals surface area (Å²) in [4.78, 5) is 11.6. The number of unbranched alkanes of at least 4 members (excludes halogenated alkanes) is 5. The van der Waals surface area contributed by atoms with Gasteiger partial charge in [-0.2, -0.15) is 0 Å².